The van der Waals surface area contributed by atoms with E-state index >= 15 is 0 Å². The number of alkyl halides is 3. The van der Waals surface area contributed by atoms with Gasteiger partial charge in [0.2, 0.25) is 0 Å². The van der Waals surface area contributed by atoms with Crippen molar-refractivity contribution in [2.45, 2.75) is 64.5 Å². The fourth-order valence-corrected chi connectivity index (χ4v) is 3.31. The zero-order valence-corrected chi connectivity index (χ0v) is 16.6. The zero-order valence-electron chi connectivity index (χ0n) is 16.6. The Hall–Kier alpha value is -1.85. The van der Waals surface area contributed by atoms with Gasteiger partial charge >= 0.3 is 6.18 Å². The van der Waals surface area contributed by atoms with E-state index in [1.54, 1.807) is 24.3 Å². The predicted molar refractivity (Wildman–Crippen MR) is 104 cm³/mol. The molecule has 1 fully saturated rings. The third kappa shape index (κ3) is 5.15. The van der Waals surface area contributed by atoms with E-state index in [2.05, 4.69) is 0 Å². The summed E-state index contributed by atoms with van der Waals surface area (Å²) in [7, 11) is 0. The molecule has 3 rings (SSSR count). The van der Waals surface area contributed by atoms with Crippen molar-refractivity contribution < 1.29 is 22.6 Å². The molecule has 2 aromatic carbocycles. The third-order valence-corrected chi connectivity index (χ3v) is 5.03. The smallest absolute Gasteiger partial charge is 0.353 e. The molecule has 0 spiro atoms. The van der Waals surface area contributed by atoms with E-state index in [9.17, 15) is 13.2 Å². The third-order valence-electron chi connectivity index (χ3n) is 5.03. The van der Waals surface area contributed by atoms with Crippen LogP contribution in [0.25, 0.3) is 11.1 Å². The van der Waals surface area contributed by atoms with Gasteiger partial charge in [0.05, 0.1) is 12.2 Å². The predicted octanol–water partition coefficient (Wildman–Crippen LogP) is 6.71. The molecule has 1 unspecified atom stereocenters. The van der Waals surface area contributed by atoms with Gasteiger partial charge in [-0.3, -0.25) is 0 Å². The molecule has 0 N–H and O–H groups in total. The molecule has 1 saturated heterocycles. The van der Waals surface area contributed by atoms with Crippen LogP contribution in [0.2, 0.25) is 0 Å². The quantitative estimate of drug-likeness (QED) is 0.575. The van der Waals surface area contributed by atoms with Crippen molar-refractivity contribution in [1.82, 2.24) is 0 Å². The first-order chi connectivity index (χ1) is 13.1. The number of rotatable bonds is 4. The highest BCUT2D eigenvalue weighted by atomic mass is 19.4. The van der Waals surface area contributed by atoms with Gasteiger partial charge in [-0.15, -0.1) is 0 Å². The van der Waals surface area contributed by atoms with Gasteiger partial charge in [-0.25, -0.2) is 0 Å². The highest BCUT2D eigenvalue weighted by Gasteiger charge is 2.34. The fourth-order valence-electron chi connectivity index (χ4n) is 3.31. The summed E-state index contributed by atoms with van der Waals surface area (Å²) in [6, 6.07) is 11.7. The van der Waals surface area contributed by atoms with Crippen LogP contribution in [0, 0.1) is 0 Å². The number of benzene rings is 2. The molecule has 5 heteroatoms. The van der Waals surface area contributed by atoms with Crippen molar-refractivity contribution in [3.8, 4) is 11.1 Å². The molecule has 0 aromatic heterocycles. The number of hydrogen-bond acceptors (Lipinski definition) is 2. The second-order valence-corrected chi connectivity index (χ2v) is 8.31. The maximum atomic E-state index is 13.7. The van der Waals surface area contributed by atoms with Crippen molar-refractivity contribution >= 4 is 0 Å². The van der Waals surface area contributed by atoms with Crippen molar-refractivity contribution in [2.75, 3.05) is 6.61 Å². The minimum absolute atomic E-state index is 0.185. The summed E-state index contributed by atoms with van der Waals surface area (Å²) in [4.78, 5) is 0. The van der Waals surface area contributed by atoms with Crippen LogP contribution in [0.1, 0.15) is 56.7 Å². The van der Waals surface area contributed by atoms with Crippen LogP contribution in [0.3, 0.4) is 0 Å². The summed E-state index contributed by atoms with van der Waals surface area (Å²) in [5.74, 6) is 0. The van der Waals surface area contributed by atoms with Crippen LogP contribution in [-0.4, -0.2) is 12.9 Å². The lowest BCUT2D eigenvalue weighted by Gasteiger charge is -2.23. The van der Waals surface area contributed by atoms with Crippen LogP contribution in [0.15, 0.2) is 42.5 Å². The number of hydrogen-bond donors (Lipinski definition) is 0. The average Bonchev–Trinajstić information content (AvgIpc) is 2.66. The largest absolute Gasteiger partial charge is 0.417 e. The Balaban J connectivity index is 1.80. The fraction of sp³-hybridized carbons (Fsp3) is 0.478. The Bertz CT molecular complexity index is 783. The van der Waals surface area contributed by atoms with Crippen molar-refractivity contribution in [2.24, 2.45) is 0 Å². The van der Waals surface area contributed by atoms with Crippen molar-refractivity contribution in [1.29, 1.82) is 0 Å². The minimum atomic E-state index is -4.41. The van der Waals surface area contributed by atoms with E-state index in [1.165, 1.54) is 6.07 Å². The topological polar surface area (TPSA) is 18.5 Å². The van der Waals surface area contributed by atoms with Gasteiger partial charge in [-0.1, -0.05) is 57.2 Å². The molecule has 0 amide bonds. The molecule has 1 atom stereocenters. The Morgan fingerprint density at radius 1 is 1.00 bits per heavy atom. The Kier molecular flexibility index (Phi) is 6.15. The molecule has 0 saturated carbocycles. The van der Waals surface area contributed by atoms with E-state index in [-0.39, 0.29) is 17.3 Å². The molecule has 1 aliphatic heterocycles. The summed E-state index contributed by atoms with van der Waals surface area (Å²) >= 11 is 0. The standard InChI is InChI=1S/C23H27F3O2/c1-22(2,3)18-11-12-19(20(14-18)23(24,25)26)17-9-7-16(8-10-17)15-28-21-6-4-5-13-27-21/h7-12,14,21H,4-6,13,15H2,1-3H3. The molecule has 1 heterocycles. The Morgan fingerprint density at radius 3 is 2.29 bits per heavy atom. The van der Waals surface area contributed by atoms with Crippen LogP contribution in [0.4, 0.5) is 13.2 Å². The van der Waals surface area contributed by atoms with Gasteiger partial charge in [0.1, 0.15) is 0 Å². The molecule has 0 aliphatic carbocycles. The van der Waals surface area contributed by atoms with E-state index in [1.807, 2.05) is 32.9 Å². The first kappa shape index (κ1) is 20.9. The number of halogens is 3. The second kappa shape index (κ2) is 8.26. The normalized spacial score (nSPS) is 18.3. The molecule has 0 bridgehead atoms. The van der Waals surface area contributed by atoms with Gasteiger partial charge < -0.3 is 9.47 Å². The van der Waals surface area contributed by atoms with E-state index in [0.717, 1.165) is 24.8 Å². The average molecular weight is 392 g/mol. The summed E-state index contributed by atoms with van der Waals surface area (Å²) < 4.78 is 52.3. The lowest BCUT2D eigenvalue weighted by atomic mass is 9.84. The first-order valence-electron chi connectivity index (χ1n) is 9.69. The van der Waals surface area contributed by atoms with Gasteiger partial charge in [0.15, 0.2) is 6.29 Å². The molecule has 0 radical (unpaired) electrons. The van der Waals surface area contributed by atoms with E-state index < -0.39 is 11.7 Å². The van der Waals surface area contributed by atoms with Crippen LogP contribution < -0.4 is 0 Å². The molecule has 2 nitrogen and oxygen atoms in total. The number of ether oxygens (including phenoxy) is 2. The SMILES string of the molecule is CC(C)(C)c1ccc(-c2ccc(COC3CCCCO3)cc2)c(C(F)(F)F)c1. The molecule has 152 valence electrons. The molecule has 2 aromatic rings. The minimum Gasteiger partial charge on any atom is -0.353 e. The molecule has 28 heavy (non-hydrogen) atoms. The maximum Gasteiger partial charge on any atom is 0.417 e. The van der Waals surface area contributed by atoms with Crippen LogP contribution >= 0.6 is 0 Å². The van der Waals surface area contributed by atoms with Crippen molar-refractivity contribution in [3.63, 3.8) is 0 Å². The monoisotopic (exact) mass is 392 g/mol. The van der Waals surface area contributed by atoms with Gasteiger partial charge in [-0.2, -0.15) is 13.2 Å². The summed E-state index contributed by atoms with van der Waals surface area (Å²) in [5, 5.41) is 0. The molecular formula is C23H27F3O2. The Morgan fingerprint density at radius 2 is 1.71 bits per heavy atom. The van der Waals surface area contributed by atoms with E-state index in [0.29, 0.717) is 24.3 Å². The summed E-state index contributed by atoms with van der Waals surface area (Å²) in [5.41, 5.74) is 1.38. The maximum absolute atomic E-state index is 13.7. The van der Waals surface area contributed by atoms with Crippen LogP contribution in [-0.2, 0) is 27.7 Å². The summed E-state index contributed by atoms with van der Waals surface area (Å²) in [6.07, 6.45) is -1.56. The van der Waals surface area contributed by atoms with Gasteiger partial charge in [0.25, 0.3) is 0 Å². The lowest BCUT2D eigenvalue weighted by molar-refractivity contribution is -0.168. The second-order valence-electron chi connectivity index (χ2n) is 8.31. The van der Waals surface area contributed by atoms with Crippen LogP contribution in [0.5, 0.6) is 0 Å². The Labute approximate surface area is 164 Å². The van der Waals surface area contributed by atoms with Crippen molar-refractivity contribution in [3.05, 3.63) is 59.2 Å². The highest BCUT2D eigenvalue weighted by Crippen LogP contribution is 2.39. The lowest BCUT2D eigenvalue weighted by Crippen LogP contribution is -2.21. The van der Waals surface area contributed by atoms with Gasteiger partial charge in [-0.05, 0) is 53.0 Å². The summed E-state index contributed by atoms with van der Waals surface area (Å²) in [6.45, 7) is 6.83. The highest BCUT2D eigenvalue weighted by molar-refractivity contribution is 5.69. The molecular weight excluding hydrogens is 365 g/mol. The first-order valence-corrected chi connectivity index (χ1v) is 9.69. The van der Waals surface area contributed by atoms with E-state index in [4.69, 9.17) is 9.47 Å². The molecule has 1 aliphatic rings. The zero-order chi connectivity index (χ0) is 20.4. The van der Waals surface area contributed by atoms with Gasteiger partial charge in [0, 0.05) is 6.61 Å².